The van der Waals surface area contributed by atoms with Crippen molar-refractivity contribution in [3.8, 4) is 0 Å². The summed E-state index contributed by atoms with van der Waals surface area (Å²) < 4.78 is 0. The lowest BCUT2D eigenvalue weighted by atomic mass is 10.0. The molecule has 4 nitrogen and oxygen atoms in total. The second kappa shape index (κ2) is 5.52. The molecule has 0 saturated carbocycles. The summed E-state index contributed by atoms with van der Waals surface area (Å²) in [5.74, 6) is 0.183. The van der Waals surface area contributed by atoms with E-state index in [0.717, 1.165) is 0 Å². The number of hydrogen-bond acceptors (Lipinski definition) is 3. The van der Waals surface area contributed by atoms with E-state index in [4.69, 9.17) is 0 Å². The normalized spacial score (nSPS) is 21.1. The van der Waals surface area contributed by atoms with Crippen LogP contribution in [0, 0.1) is 5.92 Å². The Bertz CT molecular complexity index is 430. The van der Waals surface area contributed by atoms with Crippen molar-refractivity contribution in [1.82, 2.24) is 10.2 Å². The molecule has 0 spiro atoms. The fraction of sp³-hybridized carbons (Fsp3) is 0.538. The van der Waals surface area contributed by atoms with E-state index in [2.05, 4.69) is 23.7 Å². The molecule has 5 heteroatoms. The van der Waals surface area contributed by atoms with Gasteiger partial charge in [-0.05, 0) is 28.3 Å². The van der Waals surface area contributed by atoms with E-state index in [0.29, 0.717) is 25.4 Å². The van der Waals surface area contributed by atoms with Crippen LogP contribution >= 0.6 is 11.3 Å². The summed E-state index contributed by atoms with van der Waals surface area (Å²) in [6.45, 7) is 3.26. The number of nitrogens with one attached hydrogen (secondary N) is 1. The van der Waals surface area contributed by atoms with Crippen LogP contribution in [0.15, 0.2) is 16.8 Å². The molecule has 2 heterocycles. The highest BCUT2D eigenvalue weighted by Crippen LogP contribution is 2.19. The van der Waals surface area contributed by atoms with Gasteiger partial charge in [0.05, 0.1) is 5.92 Å². The molecule has 2 rings (SSSR count). The molecular weight excluding hydrogens is 248 g/mol. The van der Waals surface area contributed by atoms with Crippen molar-refractivity contribution >= 4 is 23.2 Å². The highest BCUT2D eigenvalue weighted by molar-refractivity contribution is 7.07. The average Bonchev–Trinajstić information content (AvgIpc) is 2.97. The van der Waals surface area contributed by atoms with Gasteiger partial charge in [-0.2, -0.15) is 11.3 Å². The Hall–Kier alpha value is -1.36. The molecule has 0 unspecified atom stereocenters. The van der Waals surface area contributed by atoms with E-state index in [-0.39, 0.29) is 17.7 Å². The number of rotatable bonds is 4. The van der Waals surface area contributed by atoms with Crippen molar-refractivity contribution in [2.45, 2.75) is 19.3 Å². The van der Waals surface area contributed by atoms with Gasteiger partial charge >= 0.3 is 0 Å². The van der Waals surface area contributed by atoms with Crippen LogP contribution in [0.1, 0.15) is 24.8 Å². The van der Waals surface area contributed by atoms with E-state index in [1.807, 2.05) is 5.38 Å². The Morgan fingerprint density at radius 1 is 1.67 bits per heavy atom. The van der Waals surface area contributed by atoms with Gasteiger partial charge in [0.2, 0.25) is 11.8 Å². The summed E-state index contributed by atoms with van der Waals surface area (Å²) in [7, 11) is 1.74. The smallest absolute Gasteiger partial charge is 0.225 e. The summed E-state index contributed by atoms with van der Waals surface area (Å²) in [6, 6.07) is 2.08. The van der Waals surface area contributed by atoms with Crippen LogP contribution in [0.2, 0.25) is 0 Å². The van der Waals surface area contributed by atoms with E-state index in [9.17, 15) is 9.59 Å². The van der Waals surface area contributed by atoms with Gasteiger partial charge in [0.25, 0.3) is 0 Å². The van der Waals surface area contributed by atoms with E-state index >= 15 is 0 Å². The zero-order valence-electron chi connectivity index (χ0n) is 10.7. The van der Waals surface area contributed by atoms with Crippen molar-refractivity contribution in [2.75, 3.05) is 20.1 Å². The fourth-order valence-electron chi connectivity index (χ4n) is 2.11. The van der Waals surface area contributed by atoms with Crippen LogP contribution < -0.4 is 5.32 Å². The largest absolute Gasteiger partial charge is 0.355 e. The summed E-state index contributed by atoms with van der Waals surface area (Å²) in [5, 5.41) is 7.08. The van der Waals surface area contributed by atoms with Crippen LogP contribution in [-0.2, 0) is 9.59 Å². The van der Waals surface area contributed by atoms with Gasteiger partial charge in [-0.1, -0.05) is 6.92 Å². The Balaban J connectivity index is 1.80. The number of likely N-dealkylation sites (tertiary alicyclic amines) is 1. The third-order valence-corrected chi connectivity index (χ3v) is 4.11. The van der Waals surface area contributed by atoms with Gasteiger partial charge in [0.1, 0.15) is 0 Å². The molecule has 1 aliphatic rings. The highest BCUT2D eigenvalue weighted by atomic mass is 32.1. The van der Waals surface area contributed by atoms with Gasteiger partial charge in [-0.15, -0.1) is 0 Å². The molecule has 1 aromatic rings. The molecule has 1 aliphatic heterocycles. The van der Waals surface area contributed by atoms with Crippen molar-refractivity contribution in [2.24, 2.45) is 5.92 Å². The predicted molar refractivity (Wildman–Crippen MR) is 71.5 cm³/mol. The second-order valence-electron chi connectivity index (χ2n) is 4.88. The molecule has 0 radical (unpaired) electrons. The van der Waals surface area contributed by atoms with Crippen molar-refractivity contribution < 1.29 is 9.59 Å². The maximum Gasteiger partial charge on any atom is 0.225 e. The molecule has 1 fully saturated rings. The predicted octanol–water partition coefficient (Wildman–Crippen LogP) is 1.45. The molecule has 1 N–H and O–H groups in total. The summed E-state index contributed by atoms with van der Waals surface area (Å²) in [6.07, 6.45) is 0.342. The van der Waals surface area contributed by atoms with Gasteiger partial charge in [-0.25, -0.2) is 0 Å². The lowest BCUT2D eigenvalue weighted by molar-refractivity contribution is -0.128. The lowest BCUT2D eigenvalue weighted by Gasteiger charge is -2.14. The topological polar surface area (TPSA) is 49.4 Å². The van der Waals surface area contributed by atoms with E-state index in [1.54, 1.807) is 23.3 Å². The molecule has 0 aliphatic carbocycles. The third-order valence-electron chi connectivity index (χ3n) is 3.41. The Morgan fingerprint density at radius 3 is 3.00 bits per heavy atom. The quantitative estimate of drug-likeness (QED) is 0.896. The first kappa shape index (κ1) is 13.1. The number of thiophene rings is 1. The first-order valence-electron chi connectivity index (χ1n) is 6.11. The first-order chi connectivity index (χ1) is 8.58. The molecule has 1 saturated heterocycles. The molecule has 2 atom stereocenters. The number of amides is 2. The van der Waals surface area contributed by atoms with Crippen LogP contribution in [0.25, 0.3) is 0 Å². The van der Waals surface area contributed by atoms with Gasteiger partial charge in [0.15, 0.2) is 0 Å². The van der Waals surface area contributed by atoms with Gasteiger partial charge in [-0.3, -0.25) is 9.59 Å². The van der Waals surface area contributed by atoms with Crippen LogP contribution in [-0.4, -0.2) is 36.9 Å². The maximum absolute atomic E-state index is 11.9. The SMILES string of the molecule is C[C@@H](CNC(=O)[C@@H]1CC(=O)N(C)C1)c1ccsc1. The average molecular weight is 266 g/mol. The minimum absolute atomic E-state index is 0.00483. The monoisotopic (exact) mass is 266 g/mol. The van der Waals surface area contributed by atoms with Crippen LogP contribution in [0.5, 0.6) is 0 Å². The molecule has 1 aromatic heterocycles. The fourth-order valence-corrected chi connectivity index (χ4v) is 2.89. The minimum atomic E-state index is -0.183. The number of carbonyl (C=O) groups excluding carboxylic acids is 2. The van der Waals surface area contributed by atoms with Crippen molar-refractivity contribution in [1.29, 1.82) is 0 Å². The Kier molecular flexibility index (Phi) is 4.01. The van der Waals surface area contributed by atoms with E-state index in [1.165, 1.54) is 5.56 Å². The summed E-state index contributed by atoms with van der Waals surface area (Å²) >= 11 is 1.66. The number of nitrogens with zero attached hydrogens (tertiary/aromatic N) is 1. The summed E-state index contributed by atoms with van der Waals surface area (Å²) in [4.78, 5) is 24.9. The van der Waals surface area contributed by atoms with Crippen LogP contribution in [0.3, 0.4) is 0 Å². The zero-order chi connectivity index (χ0) is 13.1. The minimum Gasteiger partial charge on any atom is -0.355 e. The Labute approximate surface area is 111 Å². The second-order valence-corrected chi connectivity index (χ2v) is 5.66. The molecule has 2 amide bonds. The number of carbonyl (C=O) groups is 2. The Morgan fingerprint density at radius 2 is 2.44 bits per heavy atom. The van der Waals surface area contributed by atoms with Crippen molar-refractivity contribution in [3.63, 3.8) is 0 Å². The molecule has 0 aromatic carbocycles. The molecule has 98 valence electrons. The van der Waals surface area contributed by atoms with E-state index < -0.39 is 0 Å². The van der Waals surface area contributed by atoms with Crippen LogP contribution in [0.4, 0.5) is 0 Å². The first-order valence-corrected chi connectivity index (χ1v) is 7.06. The van der Waals surface area contributed by atoms with Gasteiger partial charge < -0.3 is 10.2 Å². The number of hydrogen-bond donors (Lipinski definition) is 1. The molecule has 0 bridgehead atoms. The highest BCUT2D eigenvalue weighted by Gasteiger charge is 2.31. The summed E-state index contributed by atoms with van der Waals surface area (Å²) in [5.41, 5.74) is 1.25. The maximum atomic E-state index is 11.9. The lowest BCUT2D eigenvalue weighted by Crippen LogP contribution is -2.34. The molecule has 18 heavy (non-hydrogen) atoms. The van der Waals surface area contributed by atoms with Gasteiger partial charge in [0, 0.05) is 26.6 Å². The molecular formula is C13H18N2O2S. The third kappa shape index (κ3) is 2.90. The zero-order valence-corrected chi connectivity index (χ0v) is 11.5. The van der Waals surface area contributed by atoms with Crippen molar-refractivity contribution in [3.05, 3.63) is 22.4 Å². The standard InChI is InChI=1S/C13H18N2O2S/c1-9(10-3-4-18-8-10)6-14-13(17)11-5-12(16)15(2)7-11/h3-4,8-9,11H,5-7H2,1-2H3,(H,14,17)/t9-,11+/m0/s1.